The van der Waals surface area contributed by atoms with Crippen LogP contribution in [0.15, 0.2) is 225 Å². The minimum atomic E-state index is -0.246. The number of ether oxygens (including phenoxy) is 3. The minimum absolute atomic E-state index is 0.00104. The van der Waals surface area contributed by atoms with E-state index in [9.17, 15) is 43.8 Å². The smallest absolute Gasteiger partial charge is 0.317 e. The highest BCUT2D eigenvalue weighted by molar-refractivity contribution is 5.90. The third-order valence-electron chi connectivity index (χ3n) is 27.8. The highest BCUT2D eigenvalue weighted by Gasteiger charge is 2.58. The molecule has 4 N–H and O–H groups in total. The molecule has 9 aromatic rings. The largest absolute Gasteiger partial charge is 0.497 e. The fraction of sp³-hybridized carbons (Fsp3) is 0.413. The van der Waals surface area contributed by atoms with Gasteiger partial charge in [0.25, 0.3) is 0 Å². The van der Waals surface area contributed by atoms with Crippen LogP contribution in [0.2, 0.25) is 0 Å². The van der Waals surface area contributed by atoms with Crippen LogP contribution in [0, 0.1) is 25.7 Å². The number of aromatic nitrogens is 1. The van der Waals surface area contributed by atoms with Gasteiger partial charge in [0.15, 0.2) is 0 Å². The molecule has 0 unspecified atom stereocenters. The number of rotatable bonds is 23. The first-order chi connectivity index (χ1) is 64.3. The Labute approximate surface area is 777 Å². The Bertz CT molecular complexity index is 5510. The molecule has 1 saturated carbocycles. The van der Waals surface area contributed by atoms with Crippen molar-refractivity contribution in [2.24, 2.45) is 0 Å². The minimum Gasteiger partial charge on any atom is -0.497 e. The summed E-state index contributed by atoms with van der Waals surface area (Å²) in [5.41, 5.74) is 16.7. The molecule has 23 nitrogen and oxygen atoms in total. The van der Waals surface area contributed by atoms with Crippen molar-refractivity contribution in [3.63, 3.8) is 0 Å². The predicted octanol–water partition coefficient (Wildman–Crippen LogP) is 14.4. The number of amides is 9. The maximum Gasteiger partial charge on any atom is 0.317 e. The number of pyridine rings is 1. The van der Waals surface area contributed by atoms with Gasteiger partial charge in [0, 0.05) is 125 Å². The normalized spacial score (nSPS) is 23.0. The maximum absolute atomic E-state index is 13.1. The summed E-state index contributed by atoms with van der Waals surface area (Å²) in [6.45, 7) is 14.4. The number of nitrogens with one attached hydrogen (secondary N) is 2. The number of carbonyl (C=O) groups is 7. The highest BCUT2D eigenvalue weighted by Crippen LogP contribution is 2.48. The van der Waals surface area contributed by atoms with Crippen LogP contribution < -0.4 is 15.4 Å². The van der Waals surface area contributed by atoms with Gasteiger partial charge >= 0.3 is 12.1 Å². The zero-order valence-corrected chi connectivity index (χ0v) is 77.2. The number of piperazine rings is 3. The number of urea groups is 2. The van der Waals surface area contributed by atoms with Crippen LogP contribution in [0.25, 0.3) is 34.4 Å². The summed E-state index contributed by atoms with van der Waals surface area (Å²) in [5.74, 6) is 7.51. The fourth-order valence-electron chi connectivity index (χ4n) is 21.1. The number of aliphatic hydroxyl groups is 2. The number of fused-ring (bicyclic) bond motifs is 4. The monoisotopic (exact) mass is 1780 g/mol. The van der Waals surface area contributed by atoms with Gasteiger partial charge in [0.1, 0.15) is 12.3 Å². The summed E-state index contributed by atoms with van der Waals surface area (Å²) in [7, 11) is 4.97. The van der Waals surface area contributed by atoms with Crippen molar-refractivity contribution in [1.82, 2.24) is 54.8 Å². The molecule has 690 valence electrons. The third kappa shape index (κ3) is 22.0. The molecule has 0 bridgehead atoms. The molecule has 1 aromatic heterocycles. The number of carbonyl (C=O) groups excluding carboxylic acids is 7. The van der Waals surface area contributed by atoms with Crippen LogP contribution in [0.4, 0.5) is 9.59 Å². The van der Waals surface area contributed by atoms with Crippen molar-refractivity contribution in [3.8, 4) is 39.8 Å². The molecule has 132 heavy (non-hydrogen) atoms. The first-order valence-electron chi connectivity index (χ1n) is 47.2. The third-order valence-corrected chi connectivity index (χ3v) is 27.8. The Kier molecular flexibility index (Phi) is 32.0. The van der Waals surface area contributed by atoms with Gasteiger partial charge in [-0.25, -0.2) is 9.59 Å². The SMILES string of the molecule is CCCCC(=O)N1CC(=O)N2[C@@H](CO)[C@@H](c3ccc(C#Cc4cccc(OC)c4)cc3)[C@@H]2C1.CCCNC(=O)N1CC(=O)N2[C@@H](COC)[C@H](c3ccc(-c4cccc(C)c4)cc3)[C@@H]2C1.COC[C@@H]1[C@@H](c2ccc(-c3cccc(C)c3)cc2)[C@@H]2CN(C(=O)Cc3ccccn3)CC(=O)N12.O=C(NC1CCCC1)N1CCCCN2[C@@H](CO)[C@H](c3ccc(/C=C/c4ccccc4)cc3)[C@@H]2C1. The van der Waals surface area contributed by atoms with Gasteiger partial charge in [-0.1, -0.05) is 244 Å². The van der Waals surface area contributed by atoms with E-state index < -0.39 is 0 Å². The molecule has 9 fully saturated rings. The molecular formula is C109H127N11O12. The number of unbranched alkanes of at least 4 members (excludes halogenated alkanes) is 1. The summed E-state index contributed by atoms with van der Waals surface area (Å²) >= 11 is 0. The molecule has 12 atom stereocenters. The number of aryl methyl sites for hydroxylation is 2. The van der Waals surface area contributed by atoms with E-state index in [0.29, 0.717) is 51.9 Å². The Balaban J connectivity index is 0.000000135. The quantitative estimate of drug-likeness (QED) is 0.0343. The second kappa shape index (κ2) is 44.7. The molecule has 1 aliphatic carbocycles. The Morgan fingerprint density at radius 2 is 0.955 bits per heavy atom. The zero-order valence-electron chi connectivity index (χ0n) is 77.2. The second-order valence-electron chi connectivity index (χ2n) is 36.4. The molecular weight excluding hydrogens is 1660 g/mol. The second-order valence-corrected chi connectivity index (χ2v) is 36.4. The van der Waals surface area contributed by atoms with Crippen LogP contribution in [0.1, 0.15) is 163 Å². The van der Waals surface area contributed by atoms with E-state index in [-0.39, 0.29) is 153 Å². The van der Waals surface area contributed by atoms with E-state index in [1.54, 1.807) is 47.1 Å². The van der Waals surface area contributed by atoms with E-state index >= 15 is 0 Å². The van der Waals surface area contributed by atoms with Gasteiger partial charge < -0.3 is 69.4 Å². The molecule has 8 aliphatic heterocycles. The van der Waals surface area contributed by atoms with Crippen molar-refractivity contribution < 1.29 is 58.0 Å². The molecule has 18 rings (SSSR count). The average Bonchev–Trinajstić information content (AvgIpc) is 0.753. The summed E-state index contributed by atoms with van der Waals surface area (Å²) in [6, 6.07) is 74.6. The molecule has 0 spiro atoms. The lowest BCUT2D eigenvalue weighted by Crippen LogP contribution is -2.74. The fourth-order valence-corrected chi connectivity index (χ4v) is 21.1. The summed E-state index contributed by atoms with van der Waals surface area (Å²) < 4.78 is 16.2. The lowest BCUT2D eigenvalue weighted by molar-refractivity contribution is -0.167. The van der Waals surface area contributed by atoms with Crippen LogP contribution in [0.3, 0.4) is 0 Å². The summed E-state index contributed by atoms with van der Waals surface area (Å²) in [5, 5.41) is 26.3. The Morgan fingerprint density at radius 3 is 1.49 bits per heavy atom. The van der Waals surface area contributed by atoms with Crippen molar-refractivity contribution in [3.05, 3.63) is 286 Å². The Morgan fingerprint density at radius 1 is 0.462 bits per heavy atom. The van der Waals surface area contributed by atoms with Gasteiger partial charge in [-0.05, 0) is 157 Å². The topological polar surface area (TPSA) is 251 Å². The highest BCUT2D eigenvalue weighted by atomic mass is 16.5. The summed E-state index contributed by atoms with van der Waals surface area (Å²) in [6.07, 6.45) is 16.0. The van der Waals surface area contributed by atoms with Crippen molar-refractivity contribution in [2.75, 3.05) is 113 Å². The molecule has 8 aromatic carbocycles. The van der Waals surface area contributed by atoms with Gasteiger partial charge in [-0.15, -0.1) is 0 Å². The lowest BCUT2D eigenvalue weighted by Gasteiger charge is -2.59. The van der Waals surface area contributed by atoms with Crippen LogP contribution in [-0.2, 0) is 39.9 Å². The molecule has 0 radical (unpaired) electrons. The maximum atomic E-state index is 13.1. The number of nitrogens with zero attached hydrogens (tertiary/aromatic N) is 9. The van der Waals surface area contributed by atoms with E-state index in [0.717, 1.165) is 92.7 Å². The van der Waals surface area contributed by atoms with E-state index in [1.165, 1.54) is 74.0 Å². The number of hydrogen-bond donors (Lipinski definition) is 4. The standard InChI is InChI=1S/C29H37N3O2.C28H29N3O3.C27H30N2O4.C25H31N3O3/c33-21-27-28(24-16-14-23(15-17-24)13-12-22-8-2-1-3-9-22)26-20-31(18-6-7-19-32(26)27)29(34)30-25-10-4-5-11-25;1-19-6-5-7-22(14-19)20-9-11-21(12-10-20)28-24-16-30(17-27(33)31(24)25(28)18-34-2)26(32)15-23-8-3-4-13-29-23;1-3-4-8-25(31)28-16-23-27(24(18-30)29(23)26(32)17-28)21-13-11-19(12-14-21)9-10-20-6-5-7-22(15-20)33-2;1-4-12-26-25(30)27-14-21-24(22(16-31-3)28(21)23(29)15-27)19-10-8-18(9-11-19)20-7-5-6-17(2)13-20/h1-3,8-9,12-17,25-28,33H,4-7,10-11,18-21H2,(H,30,34);3-14,24-25,28H,15-18H2,1-2H3;5-7,11-15,23-24,27,30H,3-4,8,16-18H2,1-2H3;5-11,13,21-22,24H,4,12,14-16H2,1-3H3,(H,26,30)/b13-12+;;;/t26-,27-,28+;24-,25+,28-;23-,24-,27-;21-,22-,24+/m0000/s1. The number of methoxy groups -OCH3 is 3. The zero-order chi connectivity index (χ0) is 92.3. The van der Waals surface area contributed by atoms with Crippen LogP contribution in [0.5, 0.6) is 5.75 Å². The first kappa shape index (κ1) is 94.3. The Hall–Kier alpha value is -12.3. The van der Waals surface area contributed by atoms with Crippen LogP contribution in [-0.4, -0.2) is 264 Å². The predicted molar refractivity (Wildman–Crippen MR) is 514 cm³/mol. The van der Waals surface area contributed by atoms with Crippen molar-refractivity contribution in [1.29, 1.82) is 0 Å². The molecule has 8 saturated heterocycles. The van der Waals surface area contributed by atoms with E-state index in [4.69, 9.17) is 14.2 Å². The van der Waals surface area contributed by atoms with Crippen molar-refractivity contribution in [2.45, 2.75) is 176 Å². The van der Waals surface area contributed by atoms with Crippen LogP contribution >= 0.6 is 0 Å². The molecule has 9 amide bonds. The van der Waals surface area contributed by atoms with Gasteiger partial charge in [-0.3, -0.25) is 33.9 Å². The van der Waals surface area contributed by atoms with Crippen molar-refractivity contribution >= 4 is 53.8 Å². The van der Waals surface area contributed by atoms with Gasteiger partial charge in [0.2, 0.25) is 29.5 Å². The summed E-state index contributed by atoms with van der Waals surface area (Å²) in [4.78, 5) is 109. The molecule has 9 heterocycles. The van der Waals surface area contributed by atoms with E-state index in [1.807, 2.05) is 107 Å². The van der Waals surface area contributed by atoms with Gasteiger partial charge in [0.05, 0.1) is 89.3 Å². The number of aliphatic hydroxyl groups excluding tert-OH is 2. The first-order valence-corrected chi connectivity index (χ1v) is 47.2. The van der Waals surface area contributed by atoms with Gasteiger partial charge in [-0.2, -0.15) is 0 Å². The average molecular weight is 1780 g/mol. The molecule has 23 heteroatoms. The van der Waals surface area contributed by atoms with E-state index in [2.05, 4.69) is 199 Å². The lowest BCUT2D eigenvalue weighted by atomic mass is 9.73. The number of hydrogen-bond acceptors (Lipinski definition) is 14. The molecule has 9 aliphatic rings. The number of benzene rings is 8.